The molecule has 0 saturated heterocycles. The highest BCUT2D eigenvalue weighted by Gasteiger charge is 2.26. The van der Waals surface area contributed by atoms with Crippen LogP contribution in [0.3, 0.4) is 0 Å². The number of aliphatic carboxylic acids is 1. The fraction of sp³-hybridized carbons (Fsp3) is 0.667. The Balaban J connectivity index is 4.40. The Hall–Kier alpha value is -1.57. The highest BCUT2D eigenvalue weighted by atomic mass is 16.4. The van der Waals surface area contributed by atoms with E-state index in [1.807, 2.05) is 6.07 Å². The van der Waals surface area contributed by atoms with Gasteiger partial charge in [-0.15, -0.1) is 0 Å². The summed E-state index contributed by atoms with van der Waals surface area (Å²) in [7, 11) is 1.50. The number of nitrogens with zero attached hydrogens (tertiary/aromatic N) is 2. The largest absolute Gasteiger partial charge is 0.481 e. The van der Waals surface area contributed by atoms with Gasteiger partial charge in [0.1, 0.15) is 5.92 Å². The summed E-state index contributed by atoms with van der Waals surface area (Å²) in [5.41, 5.74) is 0. The molecule has 0 aromatic carbocycles. The van der Waals surface area contributed by atoms with Crippen LogP contribution < -0.4 is 0 Å². The lowest BCUT2D eigenvalue weighted by molar-refractivity contribution is -0.150. The summed E-state index contributed by atoms with van der Waals surface area (Å²) in [5.74, 6) is -2.67. The SMILES string of the molecule is CC(C(=O)O)C(=O)N(C)C(C)CC#N. The minimum atomic E-state index is -1.15. The van der Waals surface area contributed by atoms with E-state index in [2.05, 4.69) is 0 Å². The predicted molar refractivity (Wildman–Crippen MR) is 49.3 cm³/mol. The number of carboxylic acid groups (broad SMARTS) is 1. The number of amides is 1. The average Bonchev–Trinajstić information content (AvgIpc) is 2.14. The smallest absolute Gasteiger partial charge is 0.315 e. The molecule has 0 rings (SSSR count). The third-order valence-corrected chi connectivity index (χ3v) is 2.14. The first-order chi connectivity index (χ1) is 6.41. The van der Waals surface area contributed by atoms with Gasteiger partial charge in [0.05, 0.1) is 12.5 Å². The lowest BCUT2D eigenvalue weighted by Gasteiger charge is -2.24. The number of carbonyl (C=O) groups excluding carboxylic acids is 1. The van der Waals surface area contributed by atoms with Crippen molar-refractivity contribution in [1.82, 2.24) is 4.90 Å². The number of nitriles is 1. The molecule has 0 heterocycles. The van der Waals surface area contributed by atoms with Crippen molar-refractivity contribution in [3.05, 3.63) is 0 Å². The molecule has 0 aliphatic heterocycles. The molecule has 0 aromatic heterocycles. The van der Waals surface area contributed by atoms with E-state index in [0.717, 1.165) is 0 Å². The van der Waals surface area contributed by atoms with Gasteiger partial charge >= 0.3 is 5.97 Å². The molecule has 0 aliphatic carbocycles. The Bertz CT molecular complexity index is 270. The molecule has 1 N–H and O–H groups in total. The lowest BCUT2D eigenvalue weighted by Crippen LogP contribution is -2.40. The van der Waals surface area contributed by atoms with E-state index >= 15 is 0 Å². The second-order valence-electron chi connectivity index (χ2n) is 3.22. The van der Waals surface area contributed by atoms with Crippen LogP contribution in [0, 0.1) is 17.2 Å². The third-order valence-electron chi connectivity index (χ3n) is 2.14. The molecule has 0 radical (unpaired) electrons. The van der Waals surface area contributed by atoms with Crippen LogP contribution in [0.5, 0.6) is 0 Å². The number of hydrogen-bond donors (Lipinski definition) is 1. The number of hydrogen-bond acceptors (Lipinski definition) is 3. The van der Waals surface area contributed by atoms with Crippen LogP contribution in [0.2, 0.25) is 0 Å². The Kier molecular flexibility index (Phi) is 4.64. The van der Waals surface area contributed by atoms with Crippen LogP contribution in [0.25, 0.3) is 0 Å². The molecule has 0 fully saturated rings. The van der Waals surface area contributed by atoms with E-state index in [1.165, 1.54) is 18.9 Å². The van der Waals surface area contributed by atoms with Crippen molar-refractivity contribution in [3.8, 4) is 6.07 Å². The maximum absolute atomic E-state index is 11.4. The predicted octanol–water partition coefficient (Wildman–Crippen LogP) is 0.468. The van der Waals surface area contributed by atoms with Crippen LogP contribution in [-0.4, -0.2) is 35.0 Å². The van der Waals surface area contributed by atoms with Crippen molar-refractivity contribution >= 4 is 11.9 Å². The van der Waals surface area contributed by atoms with Gasteiger partial charge in [-0.1, -0.05) is 0 Å². The second kappa shape index (κ2) is 5.22. The first-order valence-electron chi connectivity index (χ1n) is 4.28. The Morgan fingerprint density at radius 1 is 1.50 bits per heavy atom. The summed E-state index contributed by atoms with van der Waals surface area (Å²) >= 11 is 0. The molecule has 0 saturated carbocycles. The molecule has 0 aromatic rings. The molecule has 2 unspecified atom stereocenters. The highest BCUT2D eigenvalue weighted by Crippen LogP contribution is 2.07. The number of carbonyl (C=O) groups is 2. The highest BCUT2D eigenvalue weighted by molar-refractivity contribution is 5.96. The number of carboxylic acids is 1. The van der Waals surface area contributed by atoms with Crippen LogP contribution >= 0.6 is 0 Å². The molecule has 0 spiro atoms. The third kappa shape index (κ3) is 3.05. The maximum atomic E-state index is 11.4. The standard InChI is InChI=1S/C9H14N2O3/c1-6(4-5-10)11(3)8(12)7(2)9(13)14/h6-7H,4H2,1-3H3,(H,13,14). The van der Waals surface area contributed by atoms with Gasteiger partial charge in [-0.05, 0) is 13.8 Å². The van der Waals surface area contributed by atoms with E-state index in [0.29, 0.717) is 0 Å². The molecule has 1 amide bonds. The molecule has 2 atom stereocenters. The van der Waals surface area contributed by atoms with Gasteiger partial charge in [0.2, 0.25) is 5.91 Å². The first kappa shape index (κ1) is 12.4. The van der Waals surface area contributed by atoms with Crippen molar-refractivity contribution in [2.45, 2.75) is 26.3 Å². The fourth-order valence-corrected chi connectivity index (χ4v) is 0.897. The monoisotopic (exact) mass is 198 g/mol. The summed E-state index contributed by atoms with van der Waals surface area (Å²) in [6.45, 7) is 3.04. The Labute approximate surface area is 82.9 Å². The molecule has 14 heavy (non-hydrogen) atoms. The van der Waals surface area contributed by atoms with E-state index in [-0.39, 0.29) is 12.5 Å². The van der Waals surface area contributed by atoms with E-state index in [1.54, 1.807) is 6.92 Å². The molecule has 5 nitrogen and oxygen atoms in total. The summed E-state index contributed by atoms with van der Waals surface area (Å²) in [4.78, 5) is 23.2. The normalized spacial score (nSPS) is 13.9. The Morgan fingerprint density at radius 3 is 2.36 bits per heavy atom. The van der Waals surface area contributed by atoms with Crippen molar-refractivity contribution < 1.29 is 14.7 Å². The number of rotatable bonds is 4. The van der Waals surface area contributed by atoms with Gasteiger partial charge in [0.15, 0.2) is 0 Å². The van der Waals surface area contributed by atoms with E-state index in [4.69, 9.17) is 10.4 Å². The zero-order chi connectivity index (χ0) is 11.3. The van der Waals surface area contributed by atoms with Gasteiger partial charge in [0.25, 0.3) is 0 Å². The van der Waals surface area contributed by atoms with Gasteiger partial charge in [-0.3, -0.25) is 9.59 Å². The second-order valence-corrected chi connectivity index (χ2v) is 3.22. The minimum Gasteiger partial charge on any atom is -0.481 e. The van der Waals surface area contributed by atoms with Crippen molar-refractivity contribution in [2.24, 2.45) is 5.92 Å². The van der Waals surface area contributed by atoms with Crippen molar-refractivity contribution in [3.63, 3.8) is 0 Å². The van der Waals surface area contributed by atoms with Gasteiger partial charge in [-0.25, -0.2) is 0 Å². The van der Waals surface area contributed by atoms with Gasteiger partial charge in [-0.2, -0.15) is 5.26 Å². The van der Waals surface area contributed by atoms with Crippen LogP contribution in [-0.2, 0) is 9.59 Å². The van der Waals surface area contributed by atoms with Crippen LogP contribution in [0.4, 0.5) is 0 Å². The zero-order valence-corrected chi connectivity index (χ0v) is 8.52. The summed E-state index contributed by atoms with van der Waals surface area (Å²) in [5, 5.41) is 17.0. The molecular formula is C9H14N2O3. The average molecular weight is 198 g/mol. The molecule has 0 aliphatic rings. The summed E-state index contributed by atoms with van der Waals surface area (Å²) < 4.78 is 0. The summed E-state index contributed by atoms with van der Waals surface area (Å²) in [6, 6.07) is 1.67. The van der Waals surface area contributed by atoms with Crippen LogP contribution in [0.15, 0.2) is 0 Å². The zero-order valence-electron chi connectivity index (χ0n) is 8.52. The molecule has 78 valence electrons. The first-order valence-corrected chi connectivity index (χ1v) is 4.28. The molecule has 0 bridgehead atoms. The Morgan fingerprint density at radius 2 is 2.00 bits per heavy atom. The fourth-order valence-electron chi connectivity index (χ4n) is 0.897. The maximum Gasteiger partial charge on any atom is 0.315 e. The van der Waals surface area contributed by atoms with Crippen molar-refractivity contribution in [2.75, 3.05) is 7.05 Å². The van der Waals surface area contributed by atoms with Gasteiger partial charge in [0, 0.05) is 13.1 Å². The summed E-state index contributed by atoms with van der Waals surface area (Å²) in [6.07, 6.45) is 0.203. The van der Waals surface area contributed by atoms with E-state index < -0.39 is 17.8 Å². The quantitative estimate of drug-likeness (QED) is 0.665. The van der Waals surface area contributed by atoms with Crippen molar-refractivity contribution in [1.29, 1.82) is 5.26 Å². The minimum absolute atomic E-state index is 0.203. The molecular weight excluding hydrogens is 184 g/mol. The topological polar surface area (TPSA) is 81.4 Å². The van der Waals surface area contributed by atoms with Gasteiger partial charge < -0.3 is 10.0 Å². The molecule has 5 heteroatoms. The lowest BCUT2D eigenvalue weighted by atomic mass is 10.1. The van der Waals surface area contributed by atoms with Crippen LogP contribution in [0.1, 0.15) is 20.3 Å². The van der Waals surface area contributed by atoms with E-state index in [9.17, 15) is 9.59 Å².